The molecule has 1 saturated heterocycles. The Morgan fingerprint density at radius 1 is 1.38 bits per heavy atom. The van der Waals surface area contributed by atoms with Crippen molar-refractivity contribution in [2.45, 2.75) is 18.6 Å². The first kappa shape index (κ1) is 13.7. The van der Waals surface area contributed by atoms with E-state index in [1.54, 1.807) is 4.90 Å². The van der Waals surface area contributed by atoms with E-state index in [2.05, 4.69) is 5.32 Å². The van der Waals surface area contributed by atoms with E-state index >= 15 is 0 Å². The smallest absolute Gasteiger partial charge is 0.315 e. The average molecular weight is 239 g/mol. The summed E-state index contributed by atoms with van der Waals surface area (Å²) in [4.78, 5) is 3.45. The van der Waals surface area contributed by atoms with Crippen LogP contribution in [0.5, 0.6) is 0 Å². The minimum absolute atomic E-state index is 0.0108. The van der Waals surface area contributed by atoms with Crippen molar-refractivity contribution in [3.63, 3.8) is 0 Å². The molecule has 0 aromatic heterocycles. The number of hydrogen-bond acceptors (Lipinski definition) is 3. The quantitative estimate of drug-likeness (QED) is 0.785. The van der Waals surface area contributed by atoms with Gasteiger partial charge in [0.1, 0.15) is 6.04 Å². The van der Waals surface area contributed by atoms with Gasteiger partial charge in [-0.1, -0.05) is 0 Å². The first-order chi connectivity index (χ1) is 7.41. The van der Waals surface area contributed by atoms with Crippen molar-refractivity contribution in [1.29, 1.82) is 0 Å². The van der Waals surface area contributed by atoms with Gasteiger partial charge in [-0.3, -0.25) is 4.90 Å². The average Bonchev–Trinajstić information content (AvgIpc) is 2.38. The van der Waals surface area contributed by atoms with E-state index in [0.29, 0.717) is 26.2 Å². The van der Waals surface area contributed by atoms with E-state index in [4.69, 9.17) is 0 Å². The molecule has 0 aromatic rings. The number of halogens is 3. The largest absolute Gasteiger partial charge is 0.405 e. The molecule has 0 aliphatic carbocycles. The first-order valence-corrected chi connectivity index (χ1v) is 5.57. The highest BCUT2D eigenvalue weighted by molar-refractivity contribution is 4.84. The lowest BCUT2D eigenvalue weighted by Gasteiger charge is -2.31. The highest BCUT2D eigenvalue weighted by Gasteiger charge is 2.43. The second-order valence-electron chi connectivity index (χ2n) is 4.45. The summed E-state index contributed by atoms with van der Waals surface area (Å²) in [7, 11) is 3.75. The van der Waals surface area contributed by atoms with Crippen molar-refractivity contribution < 1.29 is 13.2 Å². The molecule has 1 aliphatic heterocycles. The summed E-state index contributed by atoms with van der Waals surface area (Å²) >= 11 is 0. The predicted octanol–water partition coefficient (Wildman–Crippen LogP) is 0.774. The van der Waals surface area contributed by atoms with Crippen molar-refractivity contribution in [2.24, 2.45) is 0 Å². The van der Waals surface area contributed by atoms with E-state index < -0.39 is 12.2 Å². The molecule has 0 bridgehead atoms. The number of nitrogens with zero attached hydrogens (tertiary/aromatic N) is 2. The van der Waals surface area contributed by atoms with E-state index in [-0.39, 0.29) is 6.54 Å². The summed E-state index contributed by atoms with van der Waals surface area (Å²) in [6.45, 7) is 2.33. The molecule has 1 fully saturated rings. The Bertz CT molecular complexity index is 206. The zero-order valence-corrected chi connectivity index (χ0v) is 9.85. The zero-order valence-electron chi connectivity index (χ0n) is 9.85. The number of likely N-dealkylation sites (N-methyl/N-ethyl adjacent to an activating group) is 1. The Balaban J connectivity index is 2.59. The van der Waals surface area contributed by atoms with Crippen LogP contribution in [0.15, 0.2) is 0 Å². The first-order valence-electron chi connectivity index (χ1n) is 5.57. The molecular formula is C10H20F3N3. The minimum Gasteiger partial charge on any atom is -0.315 e. The van der Waals surface area contributed by atoms with Crippen LogP contribution in [0.3, 0.4) is 0 Å². The highest BCUT2D eigenvalue weighted by atomic mass is 19.4. The van der Waals surface area contributed by atoms with Crippen LogP contribution in [0.4, 0.5) is 13.2 Å². The number of hydrogen-bond donors (Lipinski definition) is 1. The maximum absolute atomic E-state index is 12.8. The molecule has 1 aliphatic rings. The molecule has 16 heavy (non-hydrogen) atoms. The van der Waals surface area contributed by atoms with Crippen LogP contribution in [0.2, 0.25) is 0 Å². The van der Waals surface area contributed by atoms with Gasteiger partial charge in [0.25, 0.3) is 0 Å². The zero-order chi connectivity index (χ0) is 12.2. The van der Waals surface area contributed by atoms with Crippen LogP contribution in [-0.2, 0) is 0 Å². The molecule has 0 aromatic carbocycles. The van der Waals surface area contributed by atoms with Gasteiger partial charge >= 0.3 is 6.18 Å². The molecule has 96 valence electrons. The molecule has 1 atom stereocenters. The maximum Gasteiger partial charge on any atom is 0.405 e. The van der Waals surface area contributed by atoms with Gasteiger partial charge in [-0.25, -0.2) is 0 Å². The van der Waals surface area contributed by atoms with Gasteiger partial charge in [-0.2, -0.15) is 13.2 Å². The second-order valence-corrected chi connectivity index (χ2v) is 4.45. The molecule has 0 saturated carbocycles. The normalized spacial score (nSPS) is 24.8. The van der Waals surface area contributed by atoms with Gasteiger partial charge in [0.15, 0.2) is 0 Å². The molecule has 0 amide bonds. The van der Waals surface area contributed by atoms with E-state index in [1.807, 2.05) is 19.0 Å². The third-order valence-corrected chi connectivity index (χ3v) is 2.79. The van der Waals surface area contributed by atoms with Gasteiger partial charge in [-0.15, -0.1) is 0 Å². The third kappa shape index (κ3) is 4.27. The monoisotopic (exact) mass is 239 g/mol. The van der Waals surface area contributed by atoms with Crippen molar-refractivity contribution in [1.82, 2.24) is 15.1 Å². The Labute approximate surface area is 94.6 Å². The van der Waals surface area contributed by atoms with E-state index in [1.165, 1.54) is 0 Å². The van der Waals surface area contributed by atoms with Crippen molar-refractivity contribution in [3.8, 4) is 0 Å². The van der Waals surface area contributed by atoms with Gasteiger partial charge in [-0.05, 0) is 27.1 Å². The van der Waals surface area contributed by atoms with Gasteiger partial charge in [0.2, 0.25) is 0 Å². The summed E-state index contributed by atoms with van der Waals surface area (Å²) in [5.41, 5.74) is 0. The summed E-state index contributed by atoms with van der Waals surface area (Å²) in [5.74, 6) is 0. The minimum atomic E-state index is -4.14. The number of alkyl halides is 3. The maximum atomic E-state index is 12.8. The standard InChI is InChI=1S/C10H20F3N3/c1-15(2)6-7-16-5-3-4-14-8-9(16)10(11,12)13/h9,14H,3-8H2,1-2H3. The van der Waals surface area contributed by atoms with Gasteiger partial charge in [0, 0.05) is 26.2 Å². The summed E-state index contributed by atoms with van der Waals surface area (Å²) < 4.78 is 38.4. The van der Waals surface area contributed by atoms with Crippen LogP contribution in [0, 0.1) is 0 Å². The molecule has 3 nitrogen and oxygen atoms in total. The van der Waals surface area contributed by atoms with Crippen LogP contribution in [0.1, 0.15) is 6.42 Å². The fourth-order valence-corrected chi connectivity index (χ4v) is 1.85. The molecule has 6 heteroatoms. The highest BCUT2D eigenvalue weighted by Crippen LogP contribution is 2.25. The van der Waals surface area contributed by atoms with Crippen molar-refractivity contribution in [3.05, 3.63) is 0 Å². The molecule has 0 radical (unpaired) electrons. The lowest BCUT2D eigenvalue weighted by atomic mass is 10.2. The summed E-state index contributed by atoms with van der Waals surface area (Å²) in [6.07, 6.45) is -3.36. The summed E-state index contributed by atoms with van der Waals surface area (Å²) in [6, 6.07) is -1.34. The lowest BCUT2D eigenvalue weighted by Crippen LogP contribution is -2.51. The lowest BCUT2D eigenvalue weighted by molar-refractivity contribution is -0.181. The van der Waals surface area contributed by atoms with Gasteiger partial charge in [0.05, 0.1) is 0 Å². The molecule has 0 spiro atoms. The topological polar surface area (TPSA) is 18.5 Å². The van der Waals surface area contributed by atoms with E-state index in [0.717, 1.165) is 6.42 Å². The van der Waals surface area contributed by atoms with Crippen LogP contribution in [0.25, 0.3) is 0 Å². The SMILES string of the molecule is CN(C)CCN1CCCNCC1C(F)(F)F. The predicted molar refractivity (Wildman–Crippen MR) is 57.5 cm³/mol. The van der Waals surface area contributed by atoms with Gasteiger partial charge < -0.3 is 10.2 Å². The summed E-state index contributed by atoms with van der Waals surface area (Å²) in [5, 5.41) is 2.85. The van der Waals surface area contributed by atoms with Crippen molar-refractivity contribution in [2.75, 3.05) is 46.8 Å². The van der Waals surface area contributed by atoms with Crippen molar-refractivity contribution >= 4 is 0 Å². The molecular weight excluding hydrogens is 219 g/mol. The Morgan fingerprint density at radius 2 is 2.06 bits per heavy atom. The fourth-order valence-electron chi connectivity index (χ4n) is 1.85. The molecule has 1 unspecified atom stereocenters. The van der Waals surface area contributed by atoms with Crippen LogP contribution < -0.4 is 5.32 Å². The molecule has 1 rings (SSSR count). The van der Waals surface area contributed by atoms with E-state index in [9.17, 15) is 13.2 Å². The molecule has 1 N–H and O–H groups in total. The number of rotatable bonds is 3. The second kappa shape index (κ2) is 5.84. The number of nitrogens with one attached hydrogen (secondary N) is 1. The third-order valence-electron chi connectivity index (χ3n) is 2.79. The van der Waals surface area contributed by atoms with Crippen LogP contribution in [-0.4, -0.2) is 68.8 Å². The fraction of sp³-hybridized carbons (Fsp3) is 1.00. The van der Waals surface area contributed by atoms with Crippen LogP contribution >= 0.6 is 0 Å². The Morgan fingerprint density at radius 3 is 2.62 bits per heavy atom. The molecule has 1 heterocycles. The Kier molecular flexibility index (Phi) is 5.01. The Hall–Kier alpha value is -0.330.